The summed E-state index contributed by atoms with van der Waals surface area (Å²) in [6.07, 6.45) is 6.91. The van der Waals surface area contributed by atoms with Gasteiger partial charge in [0.15, 0.2) is 0 Å². The summed E-state index contributed by atoms with van der Waals surface area (Å²) in [6, 6.07) is 3.33. The van der Waals surface area contributed by atoms with E-state index in [1.54, 1.807) is 13.0 Å². The second kappa shape index (κ2) is 13.9. The Labute approximate surface area is 272 Å². The molecule has 44 heavy (non-hydrogen) atoms. The van der Waals surface area contributed by atoms with E-state index in [4.69, 9.17) is 11.6 Å². The summed E-state index contributed by atoms with van der Waals surface area (Å²) < 4.78 is 2.09. The minimum absolute atomic E-state index is 0.0869. The molecule has 0 radical (unpaired) electrons. The van der Waals surface area contributed by atoms with E-state index in [0.29, 0.717) is 20.6 Å². The molecule has 0 saturated heterocycles. The topological polar surface area (TPSA) is 155 Å². The zero-order valence-electron chi connectivity index (χ0n) is 24.2. The summed E-state index contributed by atoms with van der Waals surface area (Å²) >= 11 is 10.3. The fourth-order valence-corrected chi connectivity index (χ4v) is 8.73. The number of amides is 4. The Hall–Kier alpha value is -3.03. The number of anilines is 1. The predicted molar refractivity (Wildman–Crippen MR) is 170 cm³/mol. The van der Waals surface area contributed by atoms with Gasteiger partial charge in [-0.1, -0.05) is 11.6 Å². The van der Waals surface area contributed by atoms with Gasteiger partial charge in [0.1, 0.15) is 22.6 Å². The second-order valence-electron chi connectivity index (χ2n) is 11.9. The maximum atomic E-state index is 13.4. The maximum Gasteiger partial charge on any atom is 0.287 e. The number of carbonyl (C=O) groups excluding carboxylic acids is 5. The van der Waals surface area contributed by atoms with Crippen LogP contribution in [0.15, 0.2) is 33.7 Å². The summed E-state index contributed by atoms with van der Waals surface area (Å²) in [6.45, 7) is 1.74. The van der Waals surface area contributed by atoms with Crippen molar-refractivity contribution in [2.24, 2.45) is 23.7 Å². The smallest absolute Gasteiger partial charge is 0.287 e. The molecule has 2 heterocycles. The fourth-order valence-electron chi connectivity index (χ4n) is 7.13. The highest BCUT2D eigenvalue weighted by Crippen LogP contribution is 2.53. The quantitative estimate of drug-likeness (QED) is 0.248. The lowest BCUT2D eigenvalue weighted by Crippen LogP contribution is -2.56. The third-order valence-electron chi connectivity index (χ3n) is 8.89. The van der Waals surface area contributed by atoms with Crippen LogP contribution in [0, 0.1) is 23.7 Å². The van der Waals surface area contributed by atoms with Crippen LogP contribution in [0.3, 0.4) is 0 Å². The fraction of sp³-hybridized carbons (Fsp3) is 0.533. The lowest BCUT2D eigenvalue weighted by Gasteiger charge is -2.54. The number of hydrogen-bond donors (Lipinski definition) is 4. The van der Waals surface area contributed by atoms with E-state index in [1.807, 2.05) is 0 Å². The SMILES string of the molecule is CCNC(=O)C(=O)CC[C@H](NC(=O)c1cc(Br)c(Cl)s1)C(=O)Nc1cccn(CC(=O)NC2C3CC4CC(C3)CC2C4)c1=O. The average molecular weight is 709 g/mol. The first-order valence-corrected chi connectivity index (χ1v) is 16.9. The Morgan fingerprint density at radius 1 is 1.09 bits per heavy atom. The summed E-state index contributed by atoms with van der Waals surface area (Å²) in [5.74, 6) is -0.595. The third-order valence-corrected chi connectivity index (χ3v) is 11.4. The van der Waals surface area contributed by atoms with Crippen molar-refractivity contribution in [3.05, 3.63) is 48.4 Å². The van der Waals surface area contributed by atoms with Crippen molar-refractivity contribution < 1.29 is 24.0 Å². The van der Waals surface area contributed by atoms with Crippen molar-refractivity contribution in [2.45, 2.75) is 70.5 Å². The van der Waals surface area contributed by atoms with Gasteiger partial charge in [0.2, 0.25) is 17.6 Å². The molecule has 2 aromatic heterocycles. The molecule has 4 bridgehead atoms. The minimum Gasteiger partial charge on any atom is -0.351 e. The number of pyridine rings is 1. The van der Waals surface area contributed by atoms with Crippen LogP contribution >= 0.6 is 38.9 Å². The van der Waals surface area contributed by atoms with Crippen LogP contribution < -0.4 is 26.8 Å². The molecule has 4 aliphatic rings. The summed E-state index contributed by atoms with van der Waals surface area (Å²) in [5.41, 5.74) is -0.672. The highest BCUT2D eigenvalue weighted by Gasteiger charge is 2.48. The molecule has 0 spiro atoms. The third kappa shape index (κ3) is 7.43. The van der Waals surface area contributed by atoms with E-state index >= 15 is 0 Å². The number of nitrogens with zero attached hydrogens (tertiary/aromatic N) is 1. The van der Waals surface area contributed by atoms with Crippen LogP contribution in [0.2, 0.25) is 4.34 Å². The second-order valence-corrected chi connectivity index (χ2v) is 14.5. The van der Waals surface area contributed by atoms with Crippen molar-refractivity contribution in [1.29, 1.82) is 0 Å². The molecule has 236 valence electrons. The number of halogens is 2. The van der Waals surface area contributed by atoms with Crippen LogP contribution in [0.25, 0.3) is 0 Å². The molecule has 0 aromatic carbocycles. The molecular formula is C30H35BrClN5O6S. The number of aromatic nitrogens is 1. The number of likely N-dealkylation sites (N-methyl/N-ethyl adjacent to an activating group) is 1. The molecule has 4 fully saturated rings. The lowest BCUT2D eigenvalue weighted by atomic mass is 9.54. The molecule has 4 N–H and O–H groups in total. The molecule has 4 aliphatic carbocycles. The molecular weight excluding hydrogens is 674 g/mol. The zero-order valence-corrected chi connectivity index (χ0v) is 27.4. The molecule has 2 aromatic rings. The number of hydrogen-bond acceptors (Lipinski definition) is 7. The average Bonchev–Trinajstić information content (AvgIpc) is 3.32. The van der Waals surface area contributed by atoms with Crippen LogP contribution in [0.4, 0.5) is 5.69 Å². The normalized spacial score (nSPS) is 23.9. The number of thiophene rings is 1. The van der Waals surface area contributed by atoms with Crippen LogP contribution in [-0.4, -0.2) is 52.6 Å². The first kappa shape index (κ1) is 32.4. The number of nitrogens with one attached hydrogen (secondary N) is 4. The van der Waals surface area contributed by atoms with Gasteiger partial charge in [0, 0.05) is 29.7 Å². The molecule has 0 unspecified atom stereocenters. The van der Waals surface area contributed by atoms with E-state index in [0.717, 1.165) is 48.9 Å². The van der Waals surface area contributed by atoms with E-state index in [2.05, 4.69) is 37.2 Å². The molecule has 0 aliphatic heterocycles. The van der Waals surface area contributed by atoms with Gasteiger partial charge in [-0.2, -0.15) is 0 Å². The van der Waals surface area contributed by atoms with Crippen molar-refractivity contribution >= 4 is 74.0 Å². The number of rotatable bonds is 12. The Kier molecular flexibility index (Phi) is 10.3. The molecule has 11 nitrogen and oxygen atoms in total. The van der Waals surface area contributed by atoms with Crippen molar-refractivity contribution in [3.8, 4) is 0 Å². The predicted octanol–water partition coefficient (Wildman–Crippen LogP) is 3.49. The minimum atomic E-state index is -1.26. The molecule has 4 saturated carbocycles. The monoisotopic (exact) mass is 707 g/mol. The standard InChI is InChI=1S/C30H35BrClN5O6S/c1-2-33-28(41)22(38)6-5-20(34-29(42)23-13-19(31)26(32)44-23)27(40)35-21-4-3-7-37(30(21)43)14-24(39)36-25-17-9-15-8-16(11-17)12-18(25)10-15/h3-4,7,13,15-18,20,25H,2,5-6,8-12,14H2,1H3,(H,33,41)(H,34,42)(H,35,40)(H,36,39)/t15?,16?,17?,18?,20-,25?/m0/s1. The van der Waals surface area contributed by atoms with Crippen molar-refractivity contribution in [2.75, 3.05) is 11.9 Å². The Morgan fingerprint density at radius 3 is 2.39 bits per heavy atom. The van der Waals surface area contributed by atoms with Gasteiger partial charge in [0.05, 0.1) is 4.88 Å². The summed E-state index contributed by atoms with van der Waals surface area (Å²) in [4.78, 5) is 77.0. The van der Waals surface area contributed by atoms with Crippen LogP contribution in [0.1, 0.15) is 61.5 Å². The molecule has 1 atom stereocenters. The van der Waals surface area contributed by atoms with Gasteiger partial charge in [0.25, 0.3) is 17.4 Å². The first-order valence-electron chi connectivity index (χ1n) is 14.9. The van der Waals surface area contributed by atoms with E-state index in [-0.39, 0.29) is 48.4 Å². The van der Waals surface area contributed by atoms with Gasteiger partial charge in [-0.15, -0.1) is 11.3 Å². The highest BCUT2D eigenvalue weighted by atomic mass is 79.9. The van der Waals surface area contributed by atoms with Gasteiger partial charge >= 0.3 is 0 Å². The van der Waals surface area contributed by atoms with Gasteiger partial charge in [-0.3, -0.25) is 28.8 Å². The van der Waals surface area contributed by atoms with Crippen molar-refractivity contribution in [3.63, 3.8) is 0 Å². The van der Waals surface area contributed by atoms with Crippen LogP contribution in [0.5, 0.6) is 0 Å². The summed E-state index contributed by atoms with van der Waals surface area (Å²) in [5, 5.41) is 10.7. The van der Waals surface area contributed by atoms with Gasteiger partial charge < -0.3 is 25.8 Å². The maximum absolute atomic E-state index is 13.4. The molecule has 4 amide bonds. The Bertz CT molecular complexity index is 1480. The van der Waals surface area contributed by atoms with E-state index < -0.39 is 35.1 Å². The zero-order chi connectivity index (χ0) is 31.5. The van der Waals surface area contributed by atoms with Gasteiger partial charge in [-0.05, 0) is 103 Å². The molecule has 6 rings (SSSR count). The molecule has 14 heteroatoms. The largest absolute Gasteiger partial charge is 0.351 e. The Morgan fingerprint density at radius 2 is 1.77 bits per heavy atom. The summed E-state index contributed by atoms with van der Waals surface area (Å²) in [7, 11) is 0. The van der Waals surface area contributed by atoms with E-state index in [1.165, 1.54) is 29.3 Å². The first-order chi connectivity index (χ1) is 21.0. The number of carbonyl (C=O) groups is 5. The van der Waals surface area contributed by atoms with Crippen molar-refractivity contribution in [1.82, 2.24) is 20.5 Å². The van der Waals surface area contributed by atoms with Crippen LogP contribution in [-0.2, 0) is 25.7 Å². The Balaban J connectivity index is 1.25. The number of ketones is 1. The number of Topliss-reactive ketones (excluding diaryl/α,β-unsaturated/α-hetero) is 1. The highest BCUT2D eigenvalue weighted by molar-refractivity contribution is 9.10. The van der Waals surface area contributed by atoms with E-state index in [9.17, 15) is 28.8 Å². The lowest BCUT2D eigenvalue weighted by molar-refractivity contribution is -0.138. The van der Waals surface area contributed by atoms with Gasteiger partial charge in [-0.25, -0.2) is 0 Å².